The van der Waals surface area contributed by atoms with E-state index in [0.29, 0.717) is 18.7 Å². The highest BCUT2D eigenvalue weighted by Gasteiger charge is 2.26. The van der Waals surface area contributed by atoms with Crippen LogP contribution in [0.4, 0.5) is 4.39 Å². The monoisotopic (exact) mass is 314 g/mol. The van der Waals surface area contributed by atoms with Gasteiger partial charge in [0, 0.05) is 37.0 Å². The number of halogens is 2. The highest BCUT2D eigenvalue weighted by atomic mass is 35.5. The quantitative estimate of drug-likeness (QED) is 0.865. The molecule has 4 nitrogen and oxygen atoms in total. The maximum absolute atomic E-state index is 13.1. The Hall–Kier alpha value is -1.46. The van der Waals surface area contributed by atoms with Crippen LogP contribution in [0.5, 0.6) is 0 Å². The summed E-state index contributed by atoms with van der Waals surface area (Å²) in [6, 6.07) is 5.59. The molecule has 2 N–H and O–H groups in total. The van der Waals surface area contributed by atoms with Crippen molar-refractivity contribution in [1.82, 2.24) is 4.90 Å². The summed E-state index contributed by atoms with van der Waals surface area (Å²) in [5, 5.41) is 0. The third-order valence-electron chi connectivity index (χ3n) is 3.61. The van der Waals surface area contributed by atoms with E-state index in [0.717, 1.165) is 6.42 Å². The fourth-order valence-electron chi connectivity index (χ4n) is 2.42. The van der Waals surface area contributed by atoms with Gasteiger partial charge in [-0.25, -0.2) is 4.39 Å². The molecule has 1 unspecified atom stereocenters. The number of amides is 1. The average molecular weight is 315 g/mol. The third kappa shape index (κ3) is 4.51. The standard InChI is InChI=1S/C15H19FN2O2.ClH/c1-10(7-14(19)18-6-5-13(17)9-18)15(20)11-3-2-4-12(16)8-11;/h2-4,8,10,13H,5-7,9,17H2,1H3;1H/t10?,13-;/m1./s1. The molecule has 0 spiro atoms. The molecule has 0 bridgehead atoms. The van der Waals surface area contributed by atoms with Crippen LogP contribution in [0.3, 0.4) is 0 Å². The van der Waals surface area contributed by atoms with Crippen molar-refractivity contribution in [3.8, 4) is 0 Å². The summed E-state index contributed by atoms with van der Waals surface area (Å²) in [7, 11) is 0. The molecule has 2 atom stereocenters. The number of benzene rings is 1. The van der Waals surface area contributed by atoms with Crippen LogP contribution in [0.1, 0.15) is 30.1 Å². The van der Waals surface area contributed by atoms with E-state index in [1.165, 1.54) is 18.2 Å². The van der Waals surface area contributed by atoms with Crippen LogP contribution < -0.4 is 5.73 Å². The van der Waals surface area contributed by atoms with E-state index in [9.17, 15) is 14.0 Å². The lowest BCUT2D eigenvalue weighted by atomic mass is 9.96. The molecule has 2 rings (SSSR count). The number of Topliss-reactive ketones (excluding diaryl/α,β-unsaturated/α-hetero) is 1. The van der Waals surface area contributed by atoms with Gasteiger partial charge in [0.2, 0.25) is 5.91 Å². The van der Waals surface area contributed by atoms with Gasteiger partial charge in [-0.2, -0.15) is 0 Å². The lowest BCUT2D eigenvalue weighted by Crippen LogP contribution is -2.33. The Morgan fingerprint density at radius 2 is 2.19 bits per heavy atom. The van der Waals surface area contributed by atoms with Crippen LogP contribution in [0.25, 0.3) is 0 Å². The molecule has 6 heteroatoms. The second-order valence-corrected chi connectivity index (χ2v) is 5.37. The topological polar surface area (TPSA) is 63.4 Å². The van der Waals surface area contributed by atoms with E-state index in [1.54, 1.807) is 17.9 Å². The van der Waals surface area contributed by atoms with Gasteiger partial charge in [-0.1, -0.05) is 19.1 Å². The highest BCUT2D eigenvalue weighted by molar-refractivity contribution is 5.99. The van der Waals surface area contributed by atoms with Gasteiger partial charge in [-0.05, 0) is 18.6 Å². The van der Waals surface area contributed by atoms with Gasteiger partial charge < -0.3 is 10.6 Å². The minimum atomic E-state index is -0.457. The number of hydrogen-bond acceptors (Lipinski definition) is 3. The van der Waals surface area contributed by atoms with Crippen molar-refractivity contribution in [3.63, 3.8) is 0 Å². The van der Waals surface area contributed by atoms with Crippen LogP contribution in [-0.2, 0) is 4.79 Å². The second-order valence-electron chi connectivity index (χ2n) is 5.37. The molecule has 0 radical (unpaired) electrons. The lowest BCUT2D eigenvalue weighted by molar-refractivity contribution is -0.130. The highest BCUT2D eigenvalue weighted by Crippen LogP contribution is 2.16. The number of nitrogens with two attached hydrogens (primary N) is 1. The van der Waals surface area contributed by atoms with E-state index >= 15 is 0 Å². The molecular formula is C15H20ClFN2O2. The number of carbonyl (C=O) groups is 2. The minimum Gasteiger partial charge on any atom is -0.341 e. The number of carbonyl (C=O) groups excluding carboxylic acids is 2. The van der Waals surface area contributed by atoms with Gasteiger partial charge in [-0.15, -0.1) is 12.4 Å². The van der Waals surface area contributed by atoms with Crippen molar-refractivity contribution in [2.24, 2.45) is 11.7 Å². The zero-order valence-electron chi connectivity index (χ0n) is 11.9. The largest absolute Gasteiger partial charge is 0.341 e. The fraction of sp³-hybridized carbons (Fsp3) is 0.467. The van der Waals surface area contributed by atoms with E-state index < -0.39 is 11.7 Å². The predicted molar refractivity (Wildman–Crippen MR) is 80.9 cm³/mol. The van der Waals surface area contributed by atoms with Crippen LogP contribution in [0, 0.1) is 11.7 Å². The maximum atomic E-state index is 13.1. The zero-order valence-corrected chi connectivity index (χ0v) is 12.7. The van der Waals surface area contributed by atoms with Crippen molar-refractivity contribution < 1.29 is 14.0 Å². The molecule has 1 fully saturated rings. The van der Waals surface area contributed by atoms with Gasteiger partial charge in [0.05, 0.1) is 0 Å². The summed E-state index contributed by atoms with van der Waals surface area (Å²) in [5.41, 5.74) is 6.07. The lowest BCUT2D eigenvalue weighted by Gasteiger charge is -2.18. The Labute approximate surface area is 129 Å². The van der Waals surface area contributed by atoms with Gasteiger partial charge in [0.25, 0.3) is 0 Å². The number of nitrogens with zero attached hydrogens (tertiary/aromatic N) is 1. The number of rotatable bonds is 4. The molecule has 1 aromatic carbocycles. The normalized spacial score (nSPS) is 19.0. The summed E-state index contributed by atoms with van der Waals surface area (Å²) in [6.07, 6.45) is 0.944. The first-order valence-electron chi connectivity index (χ1n) is 6.80. The Morgan fingerprint density at radius 3 is 2.76 bits per heavy atom. The molecule has 1 aliphatic rings. The summed E-state index contributed by atoms with van der Waals surface area (Å²) in [6.45, 7) is 2.90. The number of likely N-dealkylation sites (tertiary alicyclic amines) is 1. The molecular weight excluding hydrogens is 295 g/mol. The predicted octanol–water partition coefficient (Wildman–Crippen LogP) is 2.02. The summed E-state index contributed by atoms with van der Waals surface area (Å²) < 4.78 is 13.1. The Balaban J connectivity index is 0.00000220. The molecule has 1 aliphatic heterocycles. The first-order chi connectivity index (χ1) is 9.47. The number of hydrogen-bond donors (Lipinski definition) is 1. The van der Waals surface area contributed by atoms with Crippen molar-refractivity contribution in [2.75, 3.05) is 13.1 Å². The SMILES string of the molecule is CC(CC(=O)N1CC[C@@H](N)C1)C(=O)c1cccc(F)c1.Cl. The molecule has 0 saturated carbocycles. The van der Waals surface area contributed by atoms with Gasteiger partial charge in [0.15, 0.2) is 5.78 Å². The van der Waals surface area contributed by atoms with Crippen LogP contribution in [-0.4, -0.2) is 35.7 Å². The smallest absolute Gasteiger partial charge is 0.223 e. The average Bonchev–Trinajstić information content (AvgIpc) is 2.84. The summed E-state index contributed by atoms with van der Waals surface area (Å²) in [5.74, 6) is -1.17. The van der Waals surface area contributed by atoms with Crippen LogP contribution >= 0.6 is 12.4 Å². The van der Waals surface area contributed by atoms with E-state index in [4.69, 9.17) is 5.73 Å². The van der Waals surface area contributed by atoms with Crippen molar-refractivity contribution >= 4 is 24.1 Å². The Morgan fingerprint density at radius 1 is 1.48 bits per heavy atom. The molecule has 1 heterocycles. The summed E-state index contributed by atoms with van der Waals surface area (Å²) in [4.78, 5) is 25.9. The summed E-state index contributed by atoms with van der Waals surface area (Å²) >= 11 is 0. The Kier molecular flexibility index (Phi) is 6.30. The first kappa shape index (κ1) is 17.6. The molecule has 1 saturated heterocycles. The molecule has 116 valence electrons. The van der Waals surface area contributed by atoms with Crippen LogP contribution in [0.15, 0.2) is 24.3 Å². The Bertz CT molecular complexity index is 524. The maximum Gasteiger partial charge on any atom is 0.223 e. The van der Waals surface area contributed by atoms with Crippen molar-refractivity contribution in [2.45, 2.75) is 25.8 Å². The first-order valence-corrected chi connectivity index (χ1v) is 6.80. The second kappa shape index (κ2) is 7.52. The van der Waals surface area contributed by atoms with Gasteiger partial charge in [0.1, 0.15) is 5.82 Å². The molecule has 21 heavy (non-hydrogen) atoms. The van der Waals surface area contributed by atoms with E-state index in [1.807, 2.05) is 0 Å². The van der Waals surface area contributed by atoms with Crippen molar-refractivity contribution in [3.05, 3.63) is 35.6 Å². The molecule has 0 aromatic heterocycles. The van der Waals surface area contributed by atoms with Gasteiger partial charge in [-0.3, -0.25) is 9.59 Å². The van der Waals surface area contributed by atoms with E-state index in [2.05, 4.69) is 0 Å². The van der Waals surface area contributed by atoms with E-state index in [-0.39, 0.29) is 36.6 Å². The molecule has 0 aliphatic carbocycles. The third-order valence-corrected chi connectivity index (χ3v) is 3.61. The molecule has 1 aromatic rings. The van der Waals surface area contributed by atoms with Gasteiger partial charge >= 0.3 is 0 Å². The fourth-order valence-corrected chi connectivity index (χ4v) is 2.42. The van der Waals surface area contributed by atoms with Crippen molar-refractivity contribution in [1.29, 1.82) is 0 Å². The molecule has 1 amide bonds. The minimum absolute atomic E-state index is 0. The van der Waals surface area contributed by atoms with Crippen LogP contribution in [0.2, 0.25) is 0 Å². The zero-order chi connectivity index (χ0) is 14.7. The number of ketones is 1.